The zero-order chi connectivity index (χ0) is 8.97. The van der Waals surface area contributed by atoms with E-state index in [1.54, 1.807) is 23.7 Å². The van der Waals surface area contributed by atoms with E-state index in [1.807, 2.05) is 0 Å². The molecule has 0 radical (unpaired) electrons. The summed E-state index contributed by atoms with van der Waals surface area (Å²) < 4.78 is 0. The number of nitrogens with two attached hydrogens (primary N) is 2. The Morgan fingerprint density at radius 1 is 1.33 bits per heavy atom. The summed E-state index contributed by atoms with van der Waals surface area (Å²) in [5, 5.41) is 8.23. The molecule has 0 saturated heterocycles. The van der Waals surface area contributed by atoms with Crippen molar-refractivity contribution in [3.8, 4) is 0 Å². The van der Waals surface area contributed by atoms with Gasteiger partial charge in [0.05, 0.1) is 11.4 Å². The van der Waals surface area contributed by atoms with Crippen molar-refractivity contribution in [2.75, 3.05) is 11.5 Å². The molecular formula is C7H10N4O. The predicted molar refractivity (Wildman–Crippen MR) is 48.3 cm³/mol. The van der Waals surface area contributed by atoms with Crippen LogP contribution in [0, 0.1) is 0 Å². The normalized spacial score (nSPS) is 10.4. The maximum atomic E-state index is 8.23. The predicted octanol–water partition coefficient (Wildman–Crippen LogP) is 0.490. The summed E-state index contributed by atoms with van der Waals surface area (Å²) in [6, 6.07) is 5.09. The van der Waals surface area contributed by atoms with Gasteiger partial charge in [0.1, 0.15) is 12.0 Å². The zero-order valence-electron chi connectivity index (χ0n) is 6.36. The van der Waals surface area contributed by atoms with E-state index in [-0.39, 0.29) is 0 Å². The summed E-state index contributed by atoms with van der Waals surface area (Å²) in [6.07, 6.45) is 1.10. The molecule has 64 valence electrons. The fourth-order valence-electron chi connectivity index (χ4n) is 0.822. The molecule has 5 heteroatoms. The first-order chi connectivity index (χ1) is 5.75. The van der Waals surface area contributed by atoms with Gasteiger partial charge in [-0.3, -0.25) is 10.7 Å². The smallest absolute Gasteiger partial charge is 0.113 e. The van der Waals surface area contributed by atoms with Gasteiger partial charge < -0.3 is 11.5 Å². The minimum absolute atomic E-state index is 0.457. The van der Waals surface area contributed by atoms with Crippen LogP contribution in [0.5, 0.6) is 0 Å². The summed E-state index contributed by atoms with van der Waals surface area (Å²) in [5.74, 6) is 0. The van der Waals surface area contributed by atoms with Crippen molar-refractivity contribution in [1.29, 1.82) is 0 Å². The third-order valence-corrected chi connectivity index (χ3v) is 1.35. The fraction of sp³-hybridized carbons (Fsp3) is 0. The van der Waals surface area contributed by atoms with Crippen molar-refractivity contribution in [2.45, 2.75) is 0 Å². The largest absolute Gasteiger partial charge is 0.397 e. The van der Waals surface area contributed by atoms with E-state index in [1.165, 1.54) is 0 Å². The topological polar surface area (TPSA) is 96.7 Å². The molecule has 0 fully saturated rings. The molecule has 0 aliphatic carbocycles. The van der Waals surface area contributed by atoms with Gasteiger partial charge in [0, 0.05) is 0 Å². The molecule has 0 amide bonds. The number of para-hydroxylation sites is 1. The van der Waals surface area contributed by atoms with Crippen LogP contribution in [0.15, 0.2) is 23.2 Å². The number of nitrogens with one attached hydrogen (secondary N) is 1. The second-order valence-electron chi connectivity index (χ2n) is 2.17. The van der Waals surface area contributed by atoms with Gasteiger partial charge in [-0.15, -0.1) is 0 Å². The van der Waals surface area contributed by atoms with Crippen molar-refractivity contribution < 1.29 is 5.21 Å². The highest BCUT2D eigenvalue weighted by Crippen LogP contribution is 2.27. The van der Waals surface area contributed by atoms with E-state index in [0.717, 1.165) is 6.34 Å². The van der Waals surface area contributed by atoms with Crippen LogP contribution < -0.4 is 16.9 Å². The van der Waals surface area contributed by atoms with Crippen molar-refractivity contribution in [3.05, 3.63) is 18.2 Å². The van der Waals surface area contributed by atoms with Crippen LogP contribution in [0.25, 0.3) is 0 Å². The molecule has 1 aromatic carbocycles. The van der Waals surface area contributed by atoms with Gasteiger partial charge in [-0.25, -0.2) is 4.99 Å². The van der Waals surface area contributed by atoms with Crippen LogP contribution in [0.3, 0.4) is 0 Å². The minimum atomic E-state index is 0.457. The molecule has 0 saturated carbocycles. The number of benzene rings is 1. The van der Waals surface area contributed by atoms with E-state index in [2.05, 4.69) is 4.99 Å². The van der Waals surface area contributed by atoms with Gasteiger partial charge in [0.25, 0.3) is 0 Å². The Morgan fingerprint density at radius 3 is 2.42 bits per heavy atom. The lowest BCUT2D eigenvalue weighted by molar-refractivity contribution is 0.240. The number of hydrogen-bond acceptors (Lipinski definition) is 4. The number of aliphatic imine (C=N–C) groups is 1. The van der Waals surface area contributed by atoms with Crippen LogP contribution in [0.2, 0.25) is 0 Å². The average molecular weight is 166 g/mol. The minimum Gasteiger partial charge on any atom is -0.397 e. The molecule has 0 aliphatic heterocycles. The van der Waals surface area contributed by atoms with E-state index >= 15 is 0 Å². The van der Waals surface area contributed by atoms with Crippen molar-refractivity contribution in [1.82, 2.24) is 5.48 Å². The SMILES string of the molecule is Nc1cccc(N)c1N=CNO. The Morgan fingerprint density at radius 2 is 1.92 bits per heavy atom. The summed E-state index contributed by atoms with van der Waals surface area (Å²) in [6.45, 7) is 0. The van der Waals surface area contributed by atoms with Gasteiger partial charge in [0.2, 0.25) is 0 Å². The molecule has 0 aromatic heterocycles. The van der Waals surface area contributed by atoms with E-state index in [4.69, 9.17) is 16.7 Å². The van der Waals surface area contributed by atoms with Gasteiger partial charge >= 0.3 is 0 Å². The van der Waals surface area contributed by atoms with Crippen LogP contribution in [-0.4, -0.2) is 11.5 Å². The van der Waals surface area contributed by atoms with Crippen molar-refractivity contribution >= 4 is 23.4 Å². The molecule has 5 nitrogen and oxygen atoms in total. The molecule has 1 rings (SSSR count). The molecule has 6 N–H and O–H groups in total. The second-order valence-corrected chi connectivity index (χ2v) is 2.17. The standard InChI is InChI=1S/C7H10N4O/c8-5-2-1-3-6(9)7(5)10-4-11-12/h1-4,12H,8-9H2,(H,10,11). The van der Waals surface area contributed by atoms with Crippen LogP contribution in [-0.2, 0) is 0 Å². The lowest BCUT2D eigenvalue weighted by atomic mass is 10.2. The molecule has 0 heterocycles. The fourth-order valence-corrected chi connectivity index (χ4v) is 0.822. The first kappa shape index (κ1) is 8.35. The van der Waals surface area contributed by atoms with Gasteiger partial charge in [0.15, 0.2) is 0 Å². The maximum absolute atomic E-state index is 8.23. The molecule has 0 atom stereocenters. The number of anilines is 2. The van der Waals surface area contributed by atoms with E-state index in [9.17, 15) is 0 Å². The number of nitrogens with zero attached hydrogens (tertiary/aromatic N) is 1. The quantitative estimate of drug-likeness (QED) is 0.222. The molecule has 0 aliphatic rings. The van der Waals surface area contributed by atoms with Gasteiger partial charge in [-0.1, -0.05) is 6.07 Å². The Labute approximate surface area is 69.7 Å². The summed E-state index contributed by atoms with van der Waals surface area (Å²) in [5.41, 5.74) is 14.3. The lowest BCUT2D eigenvalue weighted by Gasteiger charge is -2.02. The Hall–Kier alpha value is -1.75. The molecule has 0 unspecified atom stereocenters. The highest BCUT2D eigenvalue weighted by molar-refractivity contribution is 5.79. The Balaban J connectivity index is 3.04. The zero-order valence-corrected chi connectivity index (χ0v) is 6.36. The highest BCUT2D eigenvalue weighted by Gasteiger charge is 1.98. The molecule has 0 spiro atoms. The Bertz CT molecular complexity index is 277. The van der Waals surface area contributed by atoms with Gasteiger partial charge in [-0.05, 0) is 12.1 Å². The molecule has 12 heavy (non-hydrogen) atoms. The summed E-state index contributed by atoms with van der Waals surface area (Å²) in [4.78, 5) is 3.79. The highest BCUT2D eigenvalue weighted by atomic mass is 16.5. The Kier molecular flexibility index (Phi) is 2.49. The van der Waals surface area contributed by atoms with Crippen molar-refractivity contribution in [3.63, 3.8) is 0 Å². The van der Waals surface area contributed by atoms with E-state index in [0.29, 0.717) is 17.1 Å². The third-order valence-electron chi connectivity index (χ3n) is 1.35. The van der Waals surface area contributed by atoms with Crippen molar-refractivity contribution in [2.24, 2.45) is 4.99 Å². The third kappa shape index (κ3) is 1.64. The molecular weight excluding hydrogens is 156 g/mol. The van der Waals surface area contributed by atoms with Crippen LogP contribution in [0.4, 0.5) is 17.1 Å². The molecule has 0 bridgehead atoms. The maximum Gasteiger partial charge on any atom is 0.113 e. The summed E-state index contributed by atoms with van der Waals surface area (Å²) >= 11 is 0. The van der Waals surface area contributed by atoms with Crippen LogP contribution in [0.1, 0.15) is 0 Å². The first-order valence-electron chi connectivity index (χ1n) is 3.32. The molecule has 1 aromatic rings. The number of rotatable bonds is 2. The van der Waals surface area contributed by atoms with Crippen LogP contribution >= 0.6 is 0 Å². The average Bonchev–Trinajstić information content (AvgIpc) is 2.04. The lowest BCUT2D eigenvalue weighted by Crippen LogP contribution is -2.02. The first-order valence-corrected chi connectivity index (χ1v) is 3.32. The monoisotopic (exact) mass is 166 g/mol. The summed E-state index contributed by atoms with van der Waals surface area (Å²) in [7, 11) is 0. The number of hydrogen-bond donors (Lipinski definition) is 4. The number of nitrogen functional groups attached to an aromatic ring is 2. The van der Waals surface area contributed by atoms with E-state index < -0.39 is 0 Å². The van der Waals surface area contributed by atoms with Gasteiger partial charge in [-0.2, -0.15) is 0 Å². The second kappa shape index (κ2) is 3.59. The number of hydroxylamine groups is 1.